The number of hydrogen-bond acceptors (Lipinski definition) is 5. The summed E-state index contributed by atoms with van der Waals surface area (Å²) in [5, 5.41) is 8.49. The Balaban J connectivity index is 0.00000205. The smallest absolute Gasteiger partial charge is 0.206 e. The van der Waals surface area contributed by atoms with Gasteiger partial charge in [-0.05, 0) is 42.5 Å². The van der Waals surface area contributed by atoms with E-state index in [0.29, 0.717) is 17.2 Å². The molecule has 0 bridgehead atoms. The molecule has 1 aliphatic heterocycles. The first-order valence-corrected chi connectivity index (χ1v) is 10.7. The lowest BCUT2D eigenvalue weighted by Gasteiger charge is -2.11. The monoisotopic (exact) mass is 449 g/mol. The number of aromatic nitrogens is 2. The van der Waals surface area contributed by atoms with Crippen LogP contribution in [0, 0.1) is 0 Å². The Bertz CT molecular complexity index is 1280. The molecule has 0 saturated carbocycles. The molecule has 0 aliphatic carbocycles. The lowest BCUT2D eigenvalue weighted by atomic mass is 10.1. The van der Waals surface area contributed by atoms with Gasteiger partial charge in [0.1, 0.15) is 5.76 Å². The average molecular weight is 450 g/mol. The Hall–Kier alpha value is -2.32. The molecule has 0 amide bonds. The van der Waals surface area contributed by atoms with Gasteiger partial charge in [-0.15, -0.1) is 12.4 Å². The van der Waals surface area contributed by atoms with Gasteiger partial charge < -0.3 is 9.73 Å². The van der Waals surface area contributed by atoms with Gasteiger partial charge in [-0.25, -0.2) is 13.1 Å². The molecule has 0 atom stereocenters. The second-order valence-corrected chi connectivity index (χ2v) is 9.02. The van der Waals surface area contributed by atoms with E-state index in [4.69, 9.17) is 16.0 Å². The van der Waals surface area contributed by atoms with Crippen LogP contribution in [0.25, 0.3) is 16.7 Å². The number of nitrogens with one attached hydrogen (secondary N) is 1. The standard InChI is InChI=1S/C20H16ClN3O3S.ClH/c21-18-11-15(10-16-17-12-22-8-6-19(17)27-20(16)18)28(25,26)14-4-2-13(3-5-14)24-9-1-7-23-24;/h1-5,7,9-11,22H,6,8,12H2;1H. The third kappa shape index (κ3) is 3.34. The van der Waals surface area contributed by atoms with Crippen LogP contribution >= 0.6 is 24.0 Å². The molecular formula is C20H17Cl2N3O3S. The summed E-state index contributed by atoms with van der Waals surface area (Å²) in [6.45, 7) is 1.47. The van der Waals surface area contributed by atoms with Crippen molar-refractivity contribution < 1.29 is 12.8 Å². The molecule has 2 aromatic carbocycles. The molecule has 6 nitrogen and oxygen atoms in total. The molecule has 1 aliphatic rings. The number of hydrogen-bond donors (Lipinski definition) is 1. The number of fused-ring (bicyclic) bond motifs is 3. The van der Waals surface area contributed by atoms with Crippen molar-refractivity contribution in [1.29, 1.82) is 0 Å². The SMILES string of the molecule is Cl.O=S(=O)(c1ccc(-n2cccn2)cc1)c1cc(Cl)c2oc3c(c2c1)CNCC3. The van der Waals surface area contributed by atoms with E-state index in [1.54, 1.807) is 47.4 Å². The highest BCUT2D eigenvalue weighted by molar-refractivity contribution is 7.91. The van der Waals surface area contributed by atoms with Crippen LogP contribution in [0.15, 0.2) is 69.1 Å². The average Bonchev–Trinajstić information content (AvgIpc) is 3.36. The van der Waals surface area contributed by atoms with Gasteiger partial charge in [0, 0.05) is 42.9 Å². The maximum absolute atomic E-state index is 13.2. The maximum atomic E-state index is 13.2. The van der Waals surface area contributed by atoms with Gasteiger partial charge in [-0.3, -0.25) is 0 Å². The summed E-state index contributed by atoms with van der Waals surface area (Å²) in [5.74, 6) is 0.869. The zero-order valence-corrected chi connectivity index (χ0v) is 17.5. The van der Waals surface area contributed by atoms with E-state index in [1.165, 1.54) is 6.07 Å². The Morgan fingerprint density at radius 3 is 2.66 bits per heavy atom. The molecule has 0 spiro atoms. The molecule has 1 N–H and O–H groups in total. The number of furan rings is 1. The molecule has 0 unspecified atom stereocenters. The van der Waals surface area contributed by atoms with E-state index in [-0.39, 0.29) is 22.2 Å². The van der Waals surface area contributed by atoms with E-state index in [2.05, 4.69) is 10.4 Å². The van der Waals surface area contributed by atoms with Crippen LogP contribution in [-0.2, 0) is 22.8 Å². The summed E-state index contributed by atoms with van der Waals surface area (Å²) in [6, 6.07) is 11.5. The summed E-state index contributed by atoms with van der Waals surface area (Å²) in [7, 11) is -3.72. The van der Waals surface area contributed by atoms with Crippen LogP contribution < -0.4 is 5.32 Å². The highest BCUT2D eigenvalue weighted by Gasteiger charge is 2.24. The molecule has 0 saturated heterocycles. The molecule has 150 valence electrons. The van der Waals surface area contributed by atoms with E-state index in [9.17, 15) is 8.42 Å². The molecule has 4 aromatic rings. The lowest BCUT2D eigenvalue weighted by molar-refractivity contribution is 0.500. The summed E-state index contributed by atoms with van der Waals surface area (Å²) in [5.41, 5.74) is 2.31. The Morgan fingerprint density at radius 2 is 1.93 bits per heavy atom. The first kappa shape index (κ1) is 20.0. The number of halogens is 2. The lowest BCUT2D eigenvalue weighted by Crippen LogP contribution is -2.22. The zero-order chi connectivity index (χ0) is 19.3. The van der Waals surface area contributed by atoms with Crippen molar-refractivity contribution in [3.05, 3.63) is 71.2 Å². The van der Waals surface area contributed by atoms with Crippen molar-refractivity contribution in [2.24, 2.45) is 0 Å². The largest absolute Gasteiger partial charge is 0.459 e. The van der Waals surface area contributed by atoms with E-state index in [0.717, 1.165) is 35.4 Å². The van der Waals surface area contributed by atoms with Gasteiger partial charge >= 0.3 is 0 Å². The number of sulfone groups is 1. The maximum Gasteiger partial charge on any atom is 0.206 e. The van der Waals surface area contributed by atoms with Crippen LogP contribution in [0.2, 0.25) is 5.02 Å². The van der Waals surface area contributed by atoms with Gasteiger partial charge in [0.25, 0.3) is 0 Å². The predicted molar refractivity (Wildman–Crippen MR) is 113 cm³/mol. The normalized spacial score (nSPS) is 13.8. The van der Waals surface area contributed by atoms with Crippen LogP contribution in [0.1, 0.15) is 11.3 Å². The van der Waals surface area contributed by atoms with Crippen molar-refractivity contribution in [2.75, 3.05) is 6.54 Å². The summed E-state index contributed by atoms with van der Waals surface area (Å²) < 4.78 is 33.9. The Kier molecular flexibility index (Phi) is 5.16. The molecule has 9 heteroatoms. The fraction of sp³-hybridized carbons (Fsp3) is 0.150. The molecule has 2 aromatic heterocycles. The fourth-order valence-electron chi connectivity index (χ4n) is 3.53. The highest BCUT2D eigenvalue weighted by atomic mass is 35.5. The molecule has 0 fully saturated rings. The number of rotatable bonds is 3. The number of benzene rings is 2. The van der Waals surface area contributed by atoms with Crippen molar-refractivity contribution >= 4 is 44.8 Å². The fourth-order valence-corrected chi connectivity index (χ4v) is 5.17. The van der Waals surface area contributed by atoms with Gasteiger partial charge in [0.05, 0.1) is 20.5 Å². The second-order valence-electron chi connectivity index (χ2n) is 6.66. The summed E-state index contributed by atoms with van der Waals surface area (Å²) in [6.07, 6.45) is 4.23. The Labute approximate surface area is 178 Å². The molecule has 29 heavy (non-hydrogen) atoms. The van der Waals surface area contributed by atoms with Gasteiger partial charge in [-0.1, -0.05) is 11.6 Å². The summed E-state index contributed by atoms with van der Waals surface area (Å²) in [4.78, 5) is 0.361. The van der Waals surface area contributed by atoms with Crippen LogP contribution in [0.5, 0.6) is 0 Å². The van der Waals surface area contributed by atoms with Crippen molar-refractivity contribution in [3.8, 4) is 5.69 Å². The van der Waals surface area contributed by atoms with E-state index >= 15 is 0 Å². The van der Waals surface area contributed by atoms with Crippen LogP contribution in [0.3, 0.4) is 0 Å². The topological polar surface area (TPSA) is 77.1 Å². The second kappa shape index (κ2) is 7.50. The third-order valence-electron chi connectivity index (χ3n) is 4.96. The number of nitrogens with zero attached hydrogens (tertiary/aromatic N) is 2. The summed E-state index contributed by atoms with van der Waals surface area (Å²) >= 11 is 6.38. The van der Waals surface area contributed by atoms with E-state index in [1.807, 2.05) is 6.07 Å². The molecule has 3 heterocycles. The van der Waals surface area contributed by atoms with Gasteiger partial charge in [0.15, 0.2) is 5.58 Å². The minimum Gasteiger partial charge on any atom is -0.459 e. The molecule has 5 rings (SSSR count). The van der Waals surface area contributed by atoms with Crippen molar-refractivity contribution in [1.82, 2.24) is 15.1 Å². The van der Waals surface area contributed by atoms with Crippen molar-refractivity contribution in [3.63, 3.8) is 0 Å². The zero-order valence-electron chi connectivity index (χ0n) is 15.1. The van der Waals surface area contributed by atoms with Gasteiger partial charge in [-0.2, -0.15) is 5.10 Å². The quantitative estimate of drug-likeness (QED) is 0.507. The van der Waals surface area contributed by atoms with Gasteiger partial charge in [0.2, 0.25) is 9.84 Å². The molecular weight excluding hydrogens is 433 g/mol. The first-order chi connectivity index (χ1) is 13.5. The van der Waals surface area contributed by atoms with Crippen LogP contribution in [0.4, 0.5) is 0 Å². The third-order valence-corrected chi connectivity index (χ3v) is 6.99. The van der Waals surface area contributed by atoms with Crippen molar-refractivity contribution in [2.45, 2.75) is 22.8 Å². The van der Waals surface area contributed by atoms with E-state index < -0.39 is 9.84 Å². The Morgan fingerprint density at radius 1 is 1.14 bits per heavy atom. The minimum absolute atomic E-state index is 0. The highest BCUT2D eigenvalue weighted by Crippen LogP contribution is 2.36. The molecule has 0 radical (unpaired) electrons. The van der Waals surface area contributed by atoms with Crippen LogP contribution in [-0.4, -0.2) is 24.7 Å². The minimum atomic E-state index is -3.72. The predicted octanol–water partition coefficient (Wildman–Crippen LogP) is 4.17. The first-order valence-electron chi connectivity index (χ1n) is 8.84.